The van der Waals surface area contributed by atoms with Crippen LogP contribution in [0.3, 0.4) is 0 Å². The predicted molar refractivity (Wildman–Crippen MR) is 120 cm³/mol. The summed E-state index contributed by atoms with van der Waals surface area (Å²) in [5, 5.41) is 1.67. The number of hydrogen-bond donors (Lipinski definition) is 0. The lowest BCUT2D eigenvalue weighted by molar-refractivity contribution is 0.104. The van der Waals surface area contributed by atoms with E-state index in [1.807, 2.05) is 12.1 Å². The number of ketones is 1. The molecular weight excluding hydrogens is 421 g/mol. The molecule has 0 N–H and O–H groups in total. The van der Waals surface area contributed by atoms with Crippen molar-refractivity contribution in [1.82, 2.24) is 4.98 Å². The van der Waals surface area contributed by atoms with Crippen molar-refractivity contribution in [2.24, 2.45) is 0 Å². The van der Waals surface area contributed by atoms with E-state index in [0.29, 0.717) is 38.1 Å². The van der Waals surface area contributed by atoms with Gasteiger partial charge in [0, 0.05) is 16.6 Å². The number of para-hydroxylation sites is 1. The van der Waals surface area contributed by atoms with E-state index in [0.717, 1.165) is 10.9 Å². The van der Waals surface area contributed by atoms with E-state index in [1.54, 1.807) is 61.5 Å². The van der Waals surface area contributed by atoms with E-state index >= 15 is 0 Å². The third-order valence-electron chi connectivity index (χ3n) is 4.64. The van der Waals surface area contributed by atoms with Crippen molar-refractivity contribution in [3.63, 3.8) is 0 Å². The number of nitrogens with zero attached hydrogens (tertiary/aromatic N) is 1. The molecule has 4 nitrogen and oxygen atoms in total. The number of allylic oxidation sites excluding steroid dienone is 1. The average molecular weight is 436 g/mol. The molecule has 0 aliphatic heterocycles. The Morgan fingerprint density at radius 2 is 1.80 bits per heavy atom. The lowest BCUT2D eigenvalue weighted by Gasteiger charge is -2.06. The molecule has 0 saturated heterocycles. The number of halogens is 2. The maximum absolute atomic E-state index is 12.6. The molecule has 30 heavy (non-hydrogen) atoms. The first-order chi connectivity index (χ1) is 14.4. The zero-order valence-electron chi connectivity index (χ0n) is 15.9. The van der Waals surface area contributed by atoms with Crippen LogP contribution in [0.2, 0.25) is 10.0 Å². The van der Waals surface area contributed by atoms with Crippen LogP contribution in [0.1, 0.15) is 21.6 Å². The molecule has 0 aliphatic carbocycles. The highest BCUT2D eigenvalue weighted by Crippen LogP contribution is 2.24. The van der Waals surface area contributed by atoms with Crippen molar-refractivity contribution in [3.05, 3.63) is 104 Å². The molecule has 0 radical (unpaired) electrons. The number of aromatic nitrogens is 1. The molecule has 0 fully saturated rings. The van der Waals surface area contributed by atoms with Crippen LogP contribution in [0, 0.1) is 6.92 Å². The predicted octanol–water partition coefficient (Wildman–Crippen LogP) is 6.37. The summed E-state index contributed by atoms with van der Waals surface area (Å²) < 4.78 is 5.38. The molecule has 6 heteroatoms. The van der Waals surface area contributed by atoms with Gasteiger partial charge in [-0.15, -0.1) is 0 Å². The summed E-state index contributed by atoms with van der Waals surface area (Å²) in [6, 6.07) is 17.4. The van der Waals surface area contributed by atoms with E-state index in [9.17, 15) is 9.59 Å². The second kappa shape index (κ2) is 8.27. The number of fused-ring (bicyclic) bond motifs is 1. The standard InChI is InChI=1S/C24H15Cl2NO3/c1-14-17(22(28)11-7-15-6-9-19(25)20(26)12-15)8-10-21(27-14)18-13-16-4-2-3-5-23(16)30-24(18)29/h2-13H,1H3/b11-7+. The molecule has 2 aromatic heterocycles. The summed E-state index contributed by atoms with van der Waals surface area (Å²) in [5.41, 5.74) is 2.57. The summed E-state index contributed by atoms with van der Waals surface area (Å²) >= 11 is 11.9. The van der Waals surface area contributed by atoms with Gasteiger partial charge in [-0.25, -0.2) is 4.79 Å². The van der Waals surface area contributed by atoms with Gasteiger partial charge in [0.05, 0.1) is 21.3 Å². The van der Waals surface area contributed by atoms with Gasteiger partial charge in [0.2, 0.25) is 0 Å². The molecule has 4 aromatic rings. The smallest absolute Gasteiger partial charge is 0.345 e. The van der Waals surface area contributed by atoms with Gasteiger partial charge in [-0.3, -0.25) is 9.78 Å². The maximum Gasteiger partial charge on any atom is 0.345 e. The van der Waals surface area contributed by atoms with Crippen molar-refractivity contribution in [2.75, 3.05) is 0 Å². The Bertz CT molecular complexity index is 1370. The fourth-order valence-electron chi connectivity index (χ4n) is 3.09. The van der Waals surface area contributed by atoms with Crippen LogP contribution in [-0.4, -0.2) is 10.8 Å². The summed E-state index contributed by atoms with van der Waals surface area (Å²) in [4.78, 5) is 29.4. The average Bonchev–Trinajstić information content (AvgIpc) is 2.73. The SMILES string of the molecule is Cc1nc(-c2cc3ccccc3oc2=O)ccc1C(=O)/C=C/c1ccc(Cl)c(Cl)c1. The number of pyridine rings is 1. The largest absolute Gasteiger partial charge is 0.422 e. The molecular formula is C24H15Cl2NO3. The number of rotatable bonds is 4. The molecule has 0 atom stereocenters. The molecule has 0 spiro atoms. The minimum atomic E-state index is -0.473. The molecule has 148 valence electrons. The van der Waals surface area contributed by atoms with Gasteiger partial charge in [-0.1, -0.05) is 53.5 Å². The molecule has 4 rings (SSSR count). The minimum Gasteiger partial charge on any atom is -0.422 e. The van der Waals surface area contributed by atoms with E-state index in [1.165, 1.54) is 6.08 Å². The van der Waals surface area contributed by atoms with Gasteiger partial charge in [0.25, 0.3) is 0 Å². The fourth-order valence-corrected chi connectivity index (χ4v) is 3.40. The van der Waals surface area contributed by atoms with Crippen molar-refractivity contribution >= 4 is 46.0 Å². The number of carbonyl (C=O) groups excluding carboxylic acids is 1. The zero-order chi connectivity index (χ0) is 21.3. The Balaban J connectivity index is 1.64. The van der Waals surface area contributed by atoms with Gasteiger partial charge in [0.1, 0.15) is 5.58 Å². The second-order valence-electron chi connectivity index (χ2n) is 6.69. The van der Waals surface area contributed by atoms with Crippen LogP contribution >= 0.6 is 23.2 Å². The number of benzene rings is 2. The third kappa shape index (κ3) is 4.06. The second-order valence-corrected chi connectivity index (χ2v) is 7.50. The van der Waals surface area contributed by atoms with Gasteiger partial charge in [-0.05, 0) is 55.0 Å². The molecule has 0 aliphatic rings. The topological polar surface area (TPSA) is 60.2 Å². The van der Waals surface area contributed by atoms with Crippen LogP contribution in [0.4, 0.5) is 0 Å². The normalized spacial score (nSPS) is 11.3. The van der Waals surface area contributed by atoms with Crippen LogP contribution in [0.5, 0.6) is 0 Å². The lowest BCUT2D eigenvalue weighted by atomic mass is 10.0. The van der Waals surface area contributed by atoms with Gasteiger partial charge in [-0.2, -0.15) is 0 Å². The summed E-state index contributed by atoms with van der Waals surface area (Å²) in [6.07, 6.45) is 3.11. The maximum atomic E-state index is 12.6. The van der Waals surface area contributed by atoms with Crippen molar-refractivity contribution in [2.45, 2.75) is 6.92 Å². The first-order valence-electron chi connectivity index (χ1n) is 9.11. The first kappa shape index (κ1) is 20.1. The Kier molecular flexibility index (Phi) is 5.53. The van der Waals surface area contributed by atoms with Crippen LogP contribution in [-0.2, 0) is 0 Å². The van der Waals surface area contributed by atoms with Crippen LogP contribution < -0.4 is 5.63 Å². The van der Waals surface area contributed by atoms with Gasteiger partial charge >= 0.3 is 5.63 Å². The van der Waals surface area contributed by atoms with Crippen LogP contribution in [0.25, 0.3) is 28.3 Å². The van der Waals surface area contributed by atoms with Crippen molar-refractivity contribution < 1.29 is 9.21 Å². The molecule has 2 heterocycles. The molecule has 0 amide bonds. The molecule has 0 unspecified atom stereocenters. The van der Waals surface area contributed by atoms with E-state index in [-0.39, 0.29) is 5.78 Å². The lowest BCUT2D eigenvalue weighted by Crippen LogP contribution is -2.06. The molecule has 2 aromatic carbocycles. The zero-order valence-corrected chi connectivity index (χ0v) is 17.4. The number of aryl methyl sites for hydroxylation is 1. The highest BCUT2D eigenvalue weighted by atomic mass is 35.5. The van der Waals surface area contributed by atoms with E-state index in [4.69, 9.17) is 27.6 Å². The summed E-state index contributed by atoms with van der Waals surface area (Å²) in [5.74, 6) is -0.205. The Morgan fingerprint density at radius 1 is 1.00 bits per heavy atom. The first-order valence-corrected chi connectivity index (χ1v) is 9.86. The van der Waals surface area contributed by atoms with Gasteiger partial charge < -0.3 is 4.42 Å². The van der Waals surface area contributed by atoms with Crippen LogP contribution in [0.15, 0.2) is 76.0 Å². The summed E-state index contributed by atoms with van der Waals surface area (Å²) in [6.45, 7) is 1.73. The monoisotopic (exact) mass is 435 g/mol. The quantitative estimate of drug-likeness (QED) is 0.212. The van der Waals surface area contributed by atoms with E-state index < -0.39 is 5.63 Å². The number of hydrogen-bond acceptors (Lipinski definition) is 4. The molecule has 0 bridgehead atoms. The Labute approximate surface area is 182 Å². The fraction of sp³-hybridized carbons (Fsp3) is 0.0417. The van der Waals surface area contributed by atoms with Crippen molar-refractivity contribution in [3.8, 4) is 11.3 Å². The Hall–Kier alpha value is -3.21. The third-order valence-corrected chi connectivity index (χ3v) is 5.38. The highest BCUT2D eigenvalue weighted by molar-refractivity contribution is 6.42. The summed E-state index contributed by atoms with van der Waals surface area (Å²) in [7, 11) is 0. The minimum absolute atomic E-state index is 0.205. The molecule has 0 saturated carbocycles. The van der Waals surface area contributed by atoms with Gasteiger partial charge in [0.15, 0.2) is 5.78 Å². The highest BCUT2D eigenvalue weighted by Gasteiger charge is 2.13. The number of carbonyl (C=O) groups is 1. The Morgan fingerprint density at radius 3 is 2.57 bits per heavy atom. The van der Waals surface area contributed by atoms with E-state index in [2.05, 4.69) is 4.98 Å². The van der Waals surface area contributed by atoms with Crippen molar-refractivity contribution in [1.29, 1.82) is 0 Å².